The van der Waals surface area contributed by atoms with Gasteiger partial charge in [0.25, 0.3) is 10.1 Å². The number of unbranched alkanes of at least 4 members (excludes halogenated alkanes) is 1. The minimum absolute atomic E-state index is 0.259. The molecule has 0 radical (unpaired) electrons. The molecule has 1 N–H and O–H groups in total. The van der Waals surface area contributed by atoms with Gasteiger partial charge in [0.1, 0.15) is 12.1 Å². The van der Waals surface area contributed by atoms with Crippen molar-refractivity contribution in [1.82, 2.24) is 0 Å². The average Bonchev–Trinajstić information content (AvgIpc) is 3.06. The zero-order valence-electron chi connectivity index (χ0n) is 21.8. The van der Waals surface area contributed by atoms with Crippen molar-refractivity contribution in [3.63, 3.8) is 0 Å². The largest absolute Gasteiger partial charge is 0.422 e. The van der Waals surface area contributed by atoms with Gasteiger partial charge >= 0.3 is 5.63 Å². The highest BCUT2D eigenvalue weighted by molar-refractivity contribution is 7.85. The maximum atomic E-state index is 12.9. The fourth-order valence-corrected chi connectivity index (χ4v) is 6.03. The second-order valence-corrected chi connectivity index (χ2v) is 12.1. The number of para-hydroxylation sites is 1. The maximum Gasteiger partial charge on any atom is 0.343 e. The van der Waals surface area contributed by atoms with E-state index in [1.807, 2.05) is 36.4 Å². The molecule has 6 nitrogen and oxygen atoms in total. The Labute approximate surface area is 223 Å². The first-order valence-electron chi connectivity index (χ1n) is 13.1. The molecular formula is C31H32NO5S+. The lowest BCUT2D eigenvalue weighted by Gasteiger charge is -2.15. The summed E-state index contributed by atoms with van der Waals surface area (Å²) >= 11 is 0. The number of aryl methyl sites for hydroxylation is 1. The van der Waals surface area contributed by atoms with Gasteiger partial charge in [-0.1, -0.05) is 30.0 Å². The molecule has 1 aromatic heterocycles. The van der Waals surface area contributed by atoms with Crippen LogP contribution in [-0.2, 0) is 22.0 Å². The van der Waals surface area contributed by atoms with Crippen LogP contribution in [0.25, 0.3) is 17.0 Å². The Morgan fingerprint density at radius 2 is 1.92 bits per heavy atom. The van der Waals surface area contributed by atoms with Gasteiger partial charge in [0, 0.05) is 41.5 Å². The molecule has 0 amide bonds. The predicted molar refractivity (Wildman–Crippen MR) is 151 cm³/mol. The van der Waals surface area contributed by atoms with E-state index in [9.17, 15) is 13.2 Å². The van der Waals surface area contributed by atoms with Crippen molar-refractivity contribution in [2.24, 2.45) is 0 Å². The lowest BCUT2D eigenvalue weighted by molar-refractivity contribution is -0.438. The fraction of sp³-hybridized carbons (Fsp3) is 0.355. The third kappa shape index (κ3) is 5.38. The number of hydrogen-bond acceptors (Lipinski definition) is 4. The molecule has 0 fully saturated rings. The Hall–Kier alpha value is -3.47. The number of nitrogens with zero attached hydrogens (tertiary/aromatic N) is 1. The van der Waals surface area contributed by atoms with Crippen LogP contribution in [0, 0.1) is 11.8 Å². The molecule has 196 valence electrons. The Morgan fingerprint density at radius 3 is 2.74 bits per heavy atom. The van der Waals surface area contributed by atoms with Crippen molar-refractivity contribution in [2.75, 3.05) is 12.3 Å². The van der Waals surface area contributed by atoms with Crippen molar-refractivity contribution in [3.05, 3.63) is 81.2 Å². The van der Waals surface area contributed by atoms with Gasteiger partial charge in [-0.05, 0) is 69.4 Å². The topological polar surface area (TPSA) is 87.6 Å². The van der Waals surface area contributed by atoms with E-state index < -0.39 is 15.7 Å². The van der Waals surface area contributed by atoms with Gasteiger partial charge in [0.2, 0.25) is 5.69 Å². The van der Waals surface area contributed by atoms with Crippen LogP contribution in [0.1, 0.15) is 68.2 Å². The van der Waals surface area contributed by atoms with E-state index in [2.05, 4.69) is 48.5 Å². The lowest BCUT2D eigenvalue weighted by Crippen LogP contribution is -2.28. The summed E-state index contributed by atoms with van der Waals surface area (Å²) in [5.74, 6) is 6.16. The molecule has 0 unspecified atom stereocenters. The van der Waals surface area contributed by atoms with Gasteiger partial charge in [-0.2, -0.15) is 13.0 Å². The lowest BCUT2D eigenvalue weighted by atomic mass is 9.81. The summed E-state index contributed by atoms with van der Waals surface area (Å²) in [6, 6.07) is 14.0. The average molecular weight is 531 g/mol. The molecular weight excluding hydrogens is 498 g/mol. The number of fused-ring (bicyclic) bond motifs is 3. The van der Waals surface area contributed by atoms with Crippen LogP contribution in [0.2, 0.25) is 0 Å². The van der Waals surface area contributed by atoms with Crippen molar-refractivity contribution in [2.45, 2.75) is 57.8 Å². The first-order chi connectivity index (χ1) is 18.1. The normalized spacial score (nSPS) is 16.6. The summed E-state index contributed by atoms with van der Waals surface area (Å²) in [6.07, 6.45) is 8.76. The maximum absolute atomic E-state index is 12.9. The van der Waals surface area contributed by atoms with Crippen molar-refractivity contribution in [3.8, 4) is 11.8 Å². The van der Waals surface area contributed by atoms with E-state index in [0.717, 1.165) is 48.0 Å². The molecule has 1 aliphatic heterocycles. The molecule has 0 atom stereocenters. The highest BCUT2D eigenvalue weighted by atomic mass is 32.2. The van der Waals surface area contributed by atoms with E-state index in [-0.39, 0.29) is 11.2 Å². The molecule has 5 rings (SSSR count). The third-order valence-electron chi connectivity index (χ3n) is 7.46. The molecule has 2 aromatic carbocycles. The summed E-state index contributed by atoms with van der Waals surface area (Å²) in [7, 11) is -3.99. The van der Waals surface area contributed by atoms with Crippen LogP contribution >= 0.6 is 0 Å². The fourth-order valence-electron chi connectivity index (χ4n) is 5.46. The van der Waals surface area contributed by atoms with Gasteiger partial charge in [-0.15, -0.1) is 0 Å². The minimum atomic E-state index is -3.99. The molecule has 1 aliphatic carbocycles. The molecule has 0 saturated carbocycles. The molecule has 2 aliphatic rings. The number of hydrogen-bond donors (Lipinski definition) is 1. The Bertz CT molecular complexity index is 1700. The number of allylic oxidation sites excluding steroid dienone is 1. The summed E-state index contributed by atoms with van der Waals surface area (Å²) in [5, 5.41) is 0.881. The third-order valence-corrected chi connectivity index (χ3v) is 8.26. The van der Waals surface area contributed by atoms with E-state index in [0.29, 0.717) is 30.5 Å². The molecule has 0 bridgehead atoms. The van der Waals surface area contributed by atoms with E-state index >= 15 is 0 Å². The predicted octanol–water partition coefficient (Wildman–Crippen LogP) is 5.63. The summed E-state index contributed by atoms with van der Waals surface area (Å²) < 4.78 is 39.3. The van der Waals surface area contributed by atoms with Crippen molar-refractivity contribution >= 4 is 38.6 Å². The Balaban J connectivity index is 1.51. The van der Waals surface area contributed by atoms with Crippen molar-refractivity contribution < 1.29 is 22.0 Å². The molecule has 0 spiro atoms. The van der Waals surface area contributed by atoms with Crippen LogP contribution in [-0.4, -0.2) is 35.6 Å². The van der Waals surface area contributed by atoms with Gasteiger partial charge in [0.15, 0.2) is 5.71 Å². The molecule has 2 heterocycles. The Morgan fingerprint density at radius 1 is 1.11 bits per heavy atom. The zero-order valence-corrected chi connectivity index (χ0v) is 22.6. The highest BCUT2D eigenvalue weighted by Crippen LogP contribution is 2.40. The van der Waals surface area contributed by atoms with Crippen LogP contribution in [0.4, 0.5) is 5.69 Å². The summed E-state index contributed by atoms with van der Waals surface area (Å²) in [5.41, 5.74) is 5.67. The first kappa shape index (κ1) is 26.1. The van der Waals surface area contributed by atoms with E-state index in [4.69, 9.17) is 8.97 Å². The Kier molecular flexibility index (Phi) is 7.13. The van der Waals surface area contributed by atoms with Gasteiger partial charge in [-0.25, -0.2) is 4.79 Å². The van der Waals surface area contributed by atoms with Gasteiger partial charge in [0.05, 0.1) is 16.7 Å². The molecule has 7 heteroatoms. The molecule has 3 aromatic rings. The highest BCUT2D eigenvalue weighted by Gasteiger charge is 2.43. The smallest absolute Gasteiger partial charge is 0.343 e. The summed E-state index contributed by atoms with van der Waals surface area (Å²) in [4.78, 5) is 12.9. The van der Waals surface area contributed by atoms with Gasteiger partial charge in [-0.3, -0.25) is 4.55 Å². The van der Waals surface area contributed by atoms with Crippen LogP contribution in [0.15, 0.2) is 57.8 Å². The first-order valence-corrected chi connectivity index (χ1v) is 14.7. The second-order valence-electron chi connectivity index (χ2n) is 10.6. The van der Waals surface area contributed by atoms with E-state index in [1.165, 1.54) is 11.1 Å². The van der Waals surface area contributed by atoms with E-state index in [1.54, 1.807) is 0 Å². The number of benzene rings is 2. The quantitative estimate of drug-likeness (QED) is 0.141. The van der Waals surface area contributed by atoms with Crippen molar-refractivity contribution in [1.29, 1.82) is 0 Å². The molecule has 38 heavy (non-hydrogen) atoms. The minimum Gasteiger partial charge on any atom is -0.422 e. The second kappa shape index (κ2) is 10.4. The summed E-state index contributed by atoms with van der Waals surface area (Å²) in [6.45, 7) is 4.88. The SMILES string of the molecule is CC1(C)C(/C=C/c2cc3cc4c(cc3oc2=O)C#CCCCC4)=[N+](CCCCS(=O)(=O)O)c2ccccc21. The van der Waals surface area contributed by atoms with Gasteiger partial charge < -0.3 is 4.42 Å². The van der Waals surface area contributed by atoms with Crippen LogP contribution in [0.5, 0.6) is 0 Å². The standard InChI is InChI=1S/C31H31NO5S/c1-31(2)26-13-7-8-14-27(26)32(17-9-10-18-38(34,35)36)29(31)16-15-24-20-25-19-22-11-5-3-4-6-12-23(22)21-28(25)37-30(24)33/h7-8,13-16,19-21H,3-5,9-11,17-18H2,1-2H3/p+1/b16-15+. The van der Waals surface area contributed by atoms with Crippen LogP contribution in [0.3, 0.4) is 0 Å². The van der Waals surface area contributed by atoms with Crippen LogP contribution < -0.4 is 5.63 Å². The number of rotatable bonds is 7. The monoisotopic (exact) mass is 530 g/mol. The zero-order chi connectivity index (χ0) is 26.9. The molecule has 0 saturated heterocycles.